The maximum absolute atomic E-state index is 16.2. The summed E-state index contributed by atoms with van der Waals surface area (Å²) in [5.74, 6) is 0.496. The number of imidazole rings is 2. The van der Waals surface area contributed by atoms with Crippen LogP contribution in [0.3, 0.4) is 0 Å². The predicted octanol–water partition coefficient (Wildman–Crippen LogP) is 8.60. The van der Waals surface area contributed by atoms with Gasteiger partial charge in [0.2, 0.25) is 11.8 Å². The van der Waals surface area contributed by atoms with E-state index in [2.05, 4.69) is 49.8 Å². The number of carbonyl (C=O) groups excluding carboxylic acids is 4. The van der Waals surface area contributed by atoms with Crippen molar-refractivity contribution >= 4 is 57.4 Å². The Morgan fingerprint density at radius 3 is 1.55 bits per heavy atom. The Balaban J connectivity index is 1.10. The Morgan fingerprint density at radius 2 is 1.15 bits per heavy atom. The molecule has 0 bridgehead atoms. The van der Waals surface area contributed by atoms with Crippen molar-refractivity contribution in [3.8, 4) is 0 Å². The largest absolute Gasteiger partial charge is 0.453 e. The van der Waals surface area contributed by atoms with E-state index in [4.69, 9.17) is 19.4 Å². The van der Waals surface area contributed by atoms with Crippen molar-refractivity contribution < 1.29 is 33.0 Å². The van der Waals surface area contributed by atoms with Crippen LogP contribution in [-0.2, 0) is 19.1 Å². The van der Waals surface area contributed by atoms with Crippen molar-refractivity contribution in [2.75, 3.05) is 50.2 Å². The van der Waals surface area contributed by atoms with E-state index < -0.39 is 24.3 Å². The minimum atomic E-state index is -0.735. The van der Waals surface area contributed by atoms with Crippen molar-refractivity contribution in [3.05, 3.63) is 83.2 Å². The van der Waals surface area contributed by atoms with E-state index in [1.165, 1.54) is 14.2 Å². The Hall–Kier alpha value is -6.39. The zero-order valence-corrected chi connectivity index (χ0v) is 39.9. The number of ether oxygens (including phenoxy) is 2. The summed E-state index contributed by atoms with van der Waals surface area (Å²) in [6.07, 6.45) is 3.40. The third kappa shape index (κ3) is 9.33. The fourth-order valence-electron chi connectivity index (χ4n) is 10.5. The molecule has 0 spiro atoms. The number of carbonyl (C=O) groups is 4. The van der Waals surface area contributed by atoms with Gasteiger partial charge in [0.25, 0.3) is 0 Å². The first-order valence-electron chi connectivity index (χ1n) is 23.9. The topological polar surface area (TPSA) is 181 Å². The Labute approximate surface area is 391 Å². The quantitative estimate of drug-likeness (QED) is 0.0843. The van der Waals surface area contributed by atoms with Crippen molar-refractivity contribution in [1.29, 1.82) is 0 Å². The maximum atomic E-state index is 16.2. The molecule has 17 heteroatoms. The summed E-state index contributed by atoms with van der Waals surface area (Å²) >= 11 is 0. The number of fused-ring (bicyclic) bond motifs is 2. The molecular weight excluding hydrogens is 856 g/mol. The van der Waals surface area contributed by atoms with Gasteiger partial charge in [-0.25, -0.2) is 23.9 Å². The van der Waals surface area contributed by atoms with E-state index in [9.17, 15) is 19.2 Å². The number of alkyl carbamates (subject to hydrolysis) is 2. The molecule has 0 radical (unpaired) electrons. The highest BCUT2D eigenvalue weighted by Gasteiger charge is 2.41. The van der Waals surface area contributed by atoms with E-state index >= 15 is 4.39 Å². The number of amides is 4. The van der Waals surface area contributed by atoms with Gasteiger partial charge in [0.1, 0.15) is 29.5 Å². The molecule has 5 heterocycles. The lowest BCUT2D eigenvalue weighted by molar-refractivity contribution is -0.136. The molecule has 3 saturated heterocycles. The molecule has 0 aliphatic carbocycles. The van der Waals surface area contributed by atoms with Gasteiger partial charge in [-0.3, -0.25) is 9.59 Å². The van der Waals surface area contributed by atoms with E-state index in [0.717, 1.165) is 77.4 Å². The van der Waals surface area contributed by atoms with E-state index in [1.54, 1.807) is 6.07 Å². The van der Waals surface area contributed by atoms with Crippen molar-refractivity contribution in [1.82, 2.24) is 40.4 Å². The molecule has 0 unspecified atom stereocenters. The molecule has 4 amide bonds. The third-order valence-electron chi connectivity index (χ3n) is 14.0. The summed E-state index contributed by atoms with van der Waals surface area (Å²) in [5, 5.41) is 5.45. The standard InChI is InChI=1S/C50H65FN10O6/c1-9-58(10-2)40-20-17-32(27-33(40)51)61-38(30-15-18-34-36(25-30)54-45(52-34)41-13-11-23-59(41)47(62)43(28(3)4)56-49(64)66-7)21-22-39(61)31-16-19-35-37(26-31)55-46(53-35)42-14-12-24-60(42)48(63)44(29(5)6)57-50(65)67-8/h15-20,25-29,38-39,41-44H,9-14,21-24H2,1-8H3,(H,52,54)(H,53,55)(H,56,64)(H,57,65)/t38-,39-,41+,42+,43+,44+/m1/s1. The zero-order valence-electron chi connectivity index (χ0n) is 39.9. The Kier molecular flexibility index (Phi) is 13.9. The van der Waals surface area contributed by atoms with Gasteiger partial charge in [-0.15, -0.1) is 0 Å². The number of likely N-dealkylation sites (tertiary alicyclic amines) is 2. The van der Waals surface area contributed by atoms with Gasteiger partial charge in [-0.05, 0) is 118 Å². The van der Waals surface area contributed by atoms with Crippen molar-refractivity contribution in [2.45, 2.75) is 116 Å². The van der Waals surface area contributed by atoms with Crippen LogP contribution in [0, 0.1) is 17.7 Å². The fourth-order valence-corrected chi connectivity index (χ4v) is 10.5. The summed E-state index contributed by atoms with van der Waals surface area (Å²) in [6.45, 7) is 14.1. The highest BCUT2D eigenvalue weighted by atomic mass is 19.1. The number of hydrogen-bond donors (Lipinski definition) is 4. The van der Waals surface area contributed by atoms with E-state index in [0.29, 0.717) is 43.5 Å². The lowest BCUT2D eigenvalue weighted by atomic mass is 10.0. The van der Waals surface area contributed by atoms with Crippen LogP contribution in [0.5, 0.6) is 0 Å². The Bertz CT molecular complexity index is 2460. The van der Waals surface area contributed by atoms with Crippen LogP contribution in [0.2, 0.25) is 0 Å². The number of aromatic nitrogens is 4. The zero-order chi connectivity index (χ0) is 47.7. The lowest BCUT2D eigenvalue weighted by Crippen LogP contribution is -2.51. The van der Waals surface area contributed by atoms with Gasteiger partial charge in [0.15, 0.2) is 0 Å². The van der Waals surface area contributed by atoms with E-state index in [1.807, 2.05) is 80.5 Å². The fraction of sp³-hybridized carbons (Fsp3) is 0.520. The summed E-state index contributed by atoms with van der Waals surface area (Å²) in [4.78, 5) is 77.2. The number of nitrogens with one attached hydrogen (secondary N) is 4. The van der Waals surface area contributed by atoms with Crippen LogP contribution in [0.4, 0.5) is 25.4 Å². The Morgan fingerprint density at radius 1 is 0.687 bits per heavy atom. The number of hydrogen-bond acceptors (Lipinski definition) is 10. The number of nitrogens with zero attached hydrogens (tertiary/aromatic N) is 6. The summed E-state index contributed by atoms with van der Waals surface area (Å²) in [6, 6.07) is 15.8. The molecule has 16 nitrogen and oxygen atoms in total. The SMILES string of the molecule is CCN(CC)c1ccc(N2[C@@H](c3ccc4nc([C@@H]5CCCN5C(=O)[C@@H](NC(=O)OC)C(C)C)[nH]c4c3)CC[C@@H]2c2ccc3nc([C@@H]4CCCN4C(=O)[C@@H](NC(=O)OC)C(C)C)[nH]c3c2)cc1F. The minimum absolute atomic E-state index is 0.112. The van der Waals surface area contributed by atoms with Crippen LogP contribution >= 0.6 is 0 Å². The third-order valence-corrected chi connectivity index (χ3v) is 14.0. The van der Waals surface area contributed by atoms with Crippen LogP contribution in [0.25, 0.3) is 22.1 Å². The summed E-state index contributed by atoms with van der Waals surface area (Å²) < 4.78 is 25.9. The molecule has 6 atom stereocenters. The molecular formula is C50H65FN10O6. The monoisotopic (exact) mass is 921 g/mol. The molecule has 4 N–H and O–H groups in total. The number of aromatic amines is 2. The van der Waals surface area contributed by atoms with Crippen molar-refractivity contribution in [2.24, 2.45) is 11.8 Å². The number of anilines is 2. The van der Waals surface area contributed by atoms with Crippen LogP contribution in [0.15, 0.2) is 54.6 Å². The minimum Gasteiger partial charge on any atom is -0.453 e. The average Bonchev–Trinajstić information content (AvgIpc) is 4.18. The summed E-state index contributed by atoms with van der Waals surface area (Å²) in [7, 11) is 2.57. The molecule has 0 saturated carbocycles. The molecule has 3 aliphatic heterocycles. The van der Waals surface area contributed by atoms with Gasteiger partial charge in [0, 0.05) is 31.9 Å². The van der Waals surface area contributed by atoms with Crippen LogP contribution in [-0.4, -0.2) is 106 Å². The van der Waals surface area contributed by atoms with Gasteiger partial charge < -0.3 is 49.7 Å². The van der Waals surface area contributed by atoms with E-state index in [-0.39, 0.29) is 53.6 Å². The van der Waals surface area contributed by atoms with Crippen molar-refractivity contribution in [3.63, 3.8) is 0 Å². The molecule has 3 aliphatic rings. The second kappa shape index (κ2) is 19.8. The smallest absolute Gasteiger partial charge is 0.407 e. The second-order valence-corrected chi connectivity index (χ2v) is 18.7. The first-order valence-corrected chi connectivity index (χ1v) is 23.9. The molecule has 3 fully saturated rings. The highest BCUT2D eigenvalue weighted by Crippen LogP contribution is 2.48. The van der Waals surface area contributed by atoms with Crippen LogP contribution < -0.4 is 20.4 Å². The molecule has 8 rings (SSSR count). The normalized spacial score (nSPS) is 20.6. The number of methoxy groups -OCH3 is 2. The first-order chi connectivity index (χ1) is 32.2. The second-order valence-electron chi connectivity index (χ2n) is 18.7. The maximum Gasteiger partial charge on any atom is 0.407 e. The average molecular weight is 921 g/mol. The summed E-state index contributed by atoms with van der Waals surface area (Å²) in [5.41, 5.74) is 6.70. The molecule has 3 aromatic carbocycles. The lowest BCUT2D eigenvalue weighted by Gasteiger charge is -2.34. The predicted molar refractivity (Wildman–Crippen MR) is 255 cm³/mol. The molecule has 5 aromatic rings. The molecule has 2 aromatic heterocycles. The van der Waals surface area contributed by atoms with Gasteiger partial charge in [0.05, 0.1) is 66.1 Å². The number of halogens is 1. The number of H-pyrrole nitrogens is 2. The van der Waals surface area contributed by atoms with Gasteiger partial charge in [-0.1, -0.05) is 39.8 Å². The molecule has 67 heavy (non-hydrogen) atoms. The molecule has 358 valence electrons. The van der Waals surface area contributed by atoms with Gasteiger partial charge >= 0.3 is 12.2 Å². The first kappa shape index (κ1) is 47.1. The number of rotatable bonds is 14. The highest BCUT2D eigenvalue weighted by molar-refractivity contribution is 5.88. The van der Waals surface area contributed by atoms with Crippen LogP contribution in [0.1, 0.15) is 127 Å². The number of benzene rings is 3. The van der Waals surface area contributed by atoms with Gasteiger partial charge in [-0.2, -0.15) is 0 Å².